The van der Waals surface area contributed by atoms with Gasteiger partial charge in [0.2, 0.25) is 17.7 Å². The van der Waals surface area contributed by atoms with Crippen LogP contribution in [0.5, 0.6) is 0 Å². The second-order valence-electron chi connectivity index (χ2n) is 10.9. The van der Waals surface area contributed by atoms with E-state index in [-0.39, 0.29) is 36.8 Å². The molecule has 6 atom stereocenters. The molecule has 3 N–H and O–H groups in total. The maximum absolute atomic E-state index is 13.9. The van der Waals surface area contributed by atoms with Gasteiger partial charge >= 0.3 is 0 Å². The van der Waals surface area contributed by atoms with Crippen molar-refractivity contribution in [3.05, 3.63) is 65.2 Å². The number of fused-ring (bicyclic) bond motifs is 1. The molecule has 3 fully saturated rings. The van der Waals surface area contributed by atoms with Gasteiger partial charge in [0.05, 0.1) is 24.0 Å². The zero-order valence-corrected chi connectivity index (χ0v) is 21.8. The summed E-state index contributed by atoms with van der Waals surface area (Å²) in [6, 6.07) is 14.4. The number of amides is 3. The maximum Gasteiger partial charge on any atom is 0.250 e. The highest BCUT2D eigenvalue weighted by molar-refractivity contribution is 6.04. The number of aliphatic hydroxyl groups excluding tert-OH is 1. The van der Waals surface area contributed by atoms with Gasteiger partial charge in [-0.3, -0.25) is 14.4 Å². The molecule has 3 aliphatic rings. The van der Waals surface area contributed by atoms with Crippen LogP contribution in [0.2, 0.25) is 0 Å². The van der Waals surface area contributed by atoms with Crippen molar-refractivity contribution in [1.82, 2.24) is 10.2 Å². The predicted molar refractivity (Wildman–Crippen MR) is 138 cm³/mol. The Bertz CT molecular complexity index is 1210. The lowest BCUT2D eigenvalue weighted by molar-refractivity contribution is -0.146. The summed E-state index contributed by atoms with van der Waals surface area (Å²) in [5, 5.41) is 15.8. The van der Waals surface area contributed by atoms with Gasteiger partial charge in [-0.25, -0.2) is 0 Å². The number of hydrogen-bond acceptors (Lipinski definition) is 5. The molecule has 3 amide bonds. The van der Waals surface area contributed by atoms with Crippen molar-refractivity contribution in [1.29, 1.82) is 0 Å². The molecule has 8 nitrogen and oxygen atoms in total. The number of likely N-dealkylation sites (tertiary alicyclic amines) is 1. The van der Waals surface area contributed by atoms with Crippen LogP contribution in [-0.2, 0) is 25.7 Å². The van der Waals surface area contributed by atoms with Crippen LogP contribution in [0.15, 0.2) is 48.5 Å². The highest BCUT2D eigenvalue weighted by Crippen LogP contribution is 2.65. The van der Waals surface area contributed by atoms with Crippen molar-refractivity contribution in [2.75, 3.05) is 18.5 Å². The highest BCUT2D eigenvalue weighted by Gasteiger charge is 2.79. The number of anilines is 1. The fourth-order valence-corrected chi connectivity index (χ4v) is 6.89. The number of aliphatic hydroxyl groups is 1. The van der Waals surface area contributed by atoms with E-state index in [1.54, 1.807) is 0 Å². The number of carbonyl (C=O) groups is 3. The van der Waals surface area contributed by atoms with Gasteiger partial charge in [0.1, 0.15) is 11.6 Å². The zero-order chi connectivity index (χ0) is 26.5. The molecule has 0 saturated carbocycles. The van der Waals surface area contributed by atoms with Crippen molar-refractivity contribution in [3.63, 3.8) is 0 Å². The second kappa shape index (κ2) is 9.26. The average molecular weight is 506 g/mol. The molecular formula is C29H35N3O5. The Labute approximate surface area is 217 Å². The summed E-state index contributed by atoms with van der Waals surface area (Å²) >= 11 is 0. The molecule has 0 aliphatic carbocycles. The van der Waals surface area contributed by atoms with Gasteiger partial charge in [-0.15, -0.1) is 0 Å². The van der Waals surface area contributed by atoms with Crippen LogP contribution in [0.25, 0.3) is 0 Å². The van der Waals surface area contributed by atoms with Crippen LogP contribution in [0.3, 0.4) is 0 Å². The number of nitrogens with one attached hydrogen (secondary N) is 2. The molecule has 2 aromatic carbocycles. The fraction of sp³-hybridized carbons (Fsp3) is 0.483. The van der Waals surface area contributed by atoms with Crippen molar-refractivity contribution in [2.24, 2.45) is 17.8 Å². The van der Waals surface area contributed by atoms with Gasteiger partial charge in [0.15, 0.2) is 0 Å². The number of β-amino-alcohol motifs (C(OH)–C–C–N with tert-alkyl or cyclic N) is 1. The van der Waals surface area contributed by atoms with Gasteiger partial charge in [-0.2, -0.15) is 0 Å². The minimum Gasteiger partial charge on any atom is -0.395 e. The van der Waals surface area contributed by atoms with Gasteiger partial charge in [0, 0.05) is 18.8 Å². The maximum atomic E-state index is 13.9. The van der Waals surface area contributed by atoms with Crippen molar-refractivity contribution in [2.45, 2.75) is 57.9 Å². The number of rotatable bonds is 7. The lowest BCUT2D eigenvalue weighted by Gasteiger charge is -2.36. The van der Waals surface area contributed by atoms with Gasteiger partial charge in [0.25, 0.3) is 0 Å². The lowest BCUT2D eigenvalue weighted by Crippen LogP contribution is -2.54. The third kappa shape index (κ3) is 3.85. The number of para-hydroxylation sites is 1. The van der Waals surface area contributed by atoms with E-state index in [0.717, 1.165) is 16.7 Å². The molecule has 0 aromatic heterocycles. The van der Waals surface area contributed by atoms with Crippen molar-refractivity contribution >= 4 is 23.4 Å². The Morgan fingerprint density at radius 1 is 1.08 bits per heavy atom. The molecule has 1 spiro atoms. The summed E-state index contributed by atoms with van der Waals surface area (Å²) in [6.45, 7) is 7.79. The summed E-state index contributed by atoms with van der Waals surface area (Å²) < 4.78 is 6.68. The predicted octanol–water partition coefficient (Wildman–Crippen LogP) is 2.56. The minimum absolute atomic E-state index is 0.00522. The number of benzene rings is 2. The van der Waals surface area contributed by atoms with Crippen molar-refractivity contribution < 1.29 is 24.2 Å². The smallest absolute Gasteiger partial charge is 0.250 e. The van der Waals surface area contributed by atoms with E-state index >= 15 is 0 Å². The molecule has 3 unspecified atom stereocenters. The third-order valence-corrected chi connectivity index (χ3v) is 8.73. The number of carbonyl (C=O) groups excluding carboxylic acids is 3. The summed E-state index contributed by atoms with van der Waals surface area (Å²) in [7, 11) is 0. The van der Waals surface area contributed by atoms with E-state index in [4.69, 9.17) is 4.74 Å². The molecule has 8 heteroatoms. The van der Waals surface area contributed by atoms with E-state index in [2.05, 4.69) is 10.6 Å². The second-order valence-corrected chi connectivity index (χ2v) is 10.9. The van der Waals surface area contributed by atoms with Crippen LogP contribution >= 0.6 is 0 Å². The normalized spacial score (nSPS) is 31.9. The Kier molecular flexibility index (Phi) is 6.36. The van der Waals surface area contributed by atoms with Crippen molar-refractivity contribution in [3.8, 4) is 0 Å². The first kappa shape index (κ1) is 25.4. The molecule has 5 rings (SSSR count). The van der Waals surface area contributed by atoms with Crippen LogP contribution in [0, 0.1) is 31.6 Å². The summed E-state index contributed by atoms with van der Waals surface area (Å²) in [5.74, 6) is -2.52. The largest absolute Gasteiger partial charge is 0.395 e. The molecule has 2 bridgehead atoms. The molecule has 3 aliphatic heterocycles. The van der Waals surface area contributed by atoms with E-state index in [1.807, 2.05) is 76.2 Å². The van der Waals surface area contributed by atoms with Gasteiger partial charge in [-0.1, -0.05) is 55.5 Å². The number of nitrogens with zero attached hydrogens (tertiary/aromatic N) is 1. The quantitative estimate of drug-likeness (QED) is 0.536. The average Bonchev–Trinajstić information content (AvgIpc) is 3.38. The minimum atomic E-state index is -1.14. The SMILES string of the molecule is Cc1cccc(C)c1NC(=O)C1N(CCO)C(=O)[C@@H]2[C@H](C(=O)NCc3ccccc3)[C@@]3(C)OC12CC3C. The van der Waals surface area contributed by atoms with Gasteiger partial charge in [-0.05, 0) is 49.8 Å². The molecule has 3 saturated heterocycles. The van der Waals surface area contributed by atoms with Crippen LogP contribution in [0.1, 0.15) is 37.0 Å². The first-order valence-electron chi connectivity index (χ1n) is 12.9. The Morgan fingerprint density at radius 2 is 1.76 bits per heavy atom. The fourth-order valence-electron chi connectivity index (χ4n) is 6.89. The van der Waals surface area contributed by atoms with Crippen LogP contribution < -0.4 is 10.6 Å². The molecule has 0 radical (unpaired) electrons. The van der Waals surface area contributed by atoms with E-state index in [1.165, 1.54) is 4.90 Å². The van der Waals surface area contributed by atoms with Crippen LogP contribution in [0.4, 0.5) is 5.69 Å². The standard InChI is InChI=1S/C29H35N3O5/c1-17-9-8-10-18(2)23(17)31-26(35)24-29-15-19(3)28(4,37-29)21(22(29)27(36)32(24)13-14-33)25(34)30-16-20-11-6-5-7-12-20/h5-12,19,21-22,24,33H,13-16H2,1-4H3,(H,30,34)(H,31,35)/t19?,21-,22+,24?,28+,29?/m1/s1. The molecular weight excluding hydrogens is 470 g/mol. The summed E-state index contributed by atoms with van der Waals surface area (Å²) in [6.07, 6.45) is 0.481. The Balaban J connectivity index is 1.49. The first-order chi connectivity index (χ1) is 17.6. The third-order valence-electron chi connectivity index (χ3n) is 8.73. The van der Waals surface area contributed by atoms with Crippen LogP contribution in [-0.4, -0.2) is 58.1 Å². The number of ether oxygens (including phenoxy) is 1. The Hall–Kier alpha value is -3.23. The topological polar surface area (TPSA) is 108 Å². The summed E-state index contributed by atoms with van der Waals surface area (Å²) in [4.78, 5) is 42.9. The van der Waals surface area contributed by atoms with Gasteiger partial charge < -0.3 is 25.4 Å². The molecule has 37 heavy (non-hydrogen) atoms. The number of aryl methyl sites for hydroxylation is 2. The molecule has 196 valence electrons. The zero-order valence-electron chi connectivity index (χ0n) is 21.8. The number of hydrogen-bond donors (Lipinski definition) is 3. The monoisotopic (exact) mass is 505 g/mol. The molecule has 3 heterocycles. The van der Waals surface area contributed by atoms with E-state index < -0.39 is 29.1 Å². The summed E-state index contributed by atoms with van der Waals surface area (Å²) in [5.41, 5.74) is 1.46. The van der Waals surface area contributed by atoms with E-state index in [9.17, 15) is 19.5 Å². The lowest BCUT2D eigenvalue weighted by atomic mass is 9.62. The Morgan fingerprint density at radius 3 is 2.41 bits per heavy atom. The van der Waals surface area contributed by atoms with E-state index in [0.29, 0.717) is 18.7 Å². The first-order valence-corrected chi connectivity index (χ1v) is 12.9. The highest BCUT2D eigenvalue weighted by atomic mass is 16.5. The molecule has 2 aromatic rings.